The lowest BCUT2D eigenvalue weighted by molar-refractivity contribution is -0.384. The van der Waals surface area contributed by atoms with Crippen molar-refractivity contribution in [2.45, 2.75) is 13.0 Å². The number of methoxy groups -OCH3 is 1. The number of carbonyl (C=O) groups is 1. The number of fused-ring (bicyclic) bond motifs is 1. The first kappa shape index (κ1) is 22.1. The Hall–Kier alpha value is -4.11. The largest absolute Gasteiger partial charge is 0.466 e. The van der Waals surface area contributed by atoms with Crippen LogP contribution in [0.15, 0.2) is 81.7 Å². The highest BCUT2D eigenvalue weighted by atomic mass is 32.1. The zero-order valence-corrected chi connectivity index (χ0v) is 18.6. The van der Waals surface area contributed by atoms with Crippen molar-refractivity contribution in [2.75, 3.05) is 7.11 Å². The molecule has 166 valence electrons. The smallest absolute Gasteiger partial charge is 0.338 e. The second-order valence-corrected chi connectivity index (χ2v) is 8.25. The molecule has 3 aromatic rings. The number of esters is 1. The predicted molar refractivity (Wildman–Crippen MR) is 125 cm³/mol. The average Bonchev–Trinajstić information content (AvgIpc) is 3.12. The highest BCUT2D eigenvalue weighted by Crippen LogP contribution is 2.26. The van der Waals surface area contributed by atoms with Gasteiger partial charge in [0.25, 0.3) is 11.2 Å². The van der Waals surface area contributed by atoms with Gasteiger partial charge >= 0.3 is 5.97 Å². The standard InChI is InChI=1S/C24H19N3O5S/c1-15-21(23(29)32-2)19(12-11-16-7-4-3-5-8-16)26-22(28)20(33-24(26)25-15)14-17-9-6-10-18(13-17)27(30)31/h3-14,19H,1-2H3/b12-11+,20-14+. The molecule has 0 saturated heterocycles. The van der Waals surface area contributed by atoms with E-state index in [0.717, 1.165) is 16.9 Å². The number of nitrogens with zero attached hydrogens (tertiary/aromatic N) is 3. The molecule has 8 nitrogen and oxygen atoms in total. The van der Waals surface area contributed by atoms with E-state index in [-0.39, 0.29) is 16.8 Å². The number of ether oxygens (including phenoxy) is 1. The summed E-state index contributed by atoms with van der Waals surface area (Å²) < 4.78 is 6.76. The van der Waals surface area contributed by atoms with Crippen molar-refractivity contribution >= 4 is 35.1 Å². The molecule has 33 heavy (non-hydrogen) atoms. The SMILES string of the molecule is COC(=O)C1=C(C)N=c2s/c(=C/c3cccc([N+](=O)[O-])c3)c(=O)n2C1/C=C/c1ccccc1. The molecule has 0 amide bonds. The van der Waals surface area contributed by atoms with E-state index >= 15 is 0 Å². The van der Waals surface area contributed by atoms with Gasteiger partial charge in [0.2, 0.25) is 0 Å². The number of allylic oxidation sites excluding steroid dienone is 2. The van der Waals surface area contributed by atoms with E-state index in [1.807, 2.05) is 36.4 Å². The fourth-order valence-electron chi connectivity index (χ4n) is 3.56. The lowest BCUT2D eigenvalue weighted by atomic mass is 10.0. The Morgan fingerprint density at radius 3 is 2.61 bits per heavy atom. The fourth-order valence-corrected chi connectivity index (χ4v) is 4.62. The first-order valence-electron chi connectivity index (χ1n) is 9.97. The molecule has 0 fully saturated rings. The molecule has 0 N–H and O–H groups in total. The second kappa shape index (κ2) is 9.17. The molecule has 1 atom stereocenters. The predicted octanol–water partition coefficient (Wildman–Crippen LogP) is 2.98. The number of nitro groups is 1. The highest BCUT2D eigenvalue weighted by molar-refractivity contribution is 7.07. The van der Waals surface area contributed by atoms with E-state index in [9.17, 15) is 19.7 Å². The minimum Gasteiger partial charge on any atom is -0.466 e. The van der Waals surface area contributed by atoms with Crippen LogP contribution in [0.1, 0.15) is 24.1 Å². The fraction of sp³-hybridized carbons (Fsp3) is 0.125. The van der Waals surface area contributed by atoms with Crippen molar-refractivity contribution in [1.82, 2.24) is 4.57 Å². The quantitative estimate of drug-likeness (QED) is 0.330. The van der Waals surface area contributed by atoms with Crippen LogP contribution in [-0.2, 0) is 9.53 Å². The zero-order valence-electron chi connectivity index (χ0n) is 17.8. The Bertz CT molecular complexity index is 1480. The number of non-ortho nitro benzene ring substituents is 1. The van der Waals surface area contributed by atoms with Gasteiger partial charge < -0.3 is 4.74 Å². The van der Waals surface area contributed by atoms with Crippen molar-refractivity contribution in [1.29, 1.82) is 0 Å². The zero-order chi connectivity index (χ0) is 23.5. The Labute approximate surface area is 192 Å². The summed E-state index contributed by atoms with van der Waals surface area (Å²) in [4.78, 5) is 41.4. The van der Waals surface area contributed by atoms with Crippen LogP contribution in [0.4, 0.5) is 5.69 Å². The first-order chi connectivity index (χ1) is 15.9. The van der Waals surface area contributed by atoms with Gasteiger partial charge in [-0.1, -0.05) is 66.0 Å². The summed E-state index contributed by atoms with van der Waals surface area (Å²) in [5.74, 6) is -0.563. The molecule has 0 aliphatic carbocycles. The van der Waals surface area contributed by atoms with E-state index in [1.54, 1.807) is 31.2 Å². The Kier molecular flexibility index (Phi) is 6.14. The Morgan fingerprint density at radius 2 is 1.91 bits per heavy atom. The van der Waals surface area contributed by atoms with Gasteiger partial charge in [-0.15, -0.1) is 0 Å². The summed E-state index contributed by atoms with van der Waals surface area (Å²) in [7, 11) is 1.29. The molecule has 9 heteroatoms. The topological polar surface area (TPSA) is 104 Å². The van der Waals surface area contributed by atoms with Crippen LogP contribution in [0, 0.1) is 10.1 Å². The van der Waals surface area contributed by atoms with Gasteiger partial charge in [0.1, 0.15) is 0 Å². The van der Waals surface area contributed by atoms with Gasteiger partial charge in [-0.25, -0.2) is 9.79 Å². The van der Waals surface area contributed by atoms with Crippen molar-refractivity contribution in [3.63, 3.8) is 0 Å². The lowest BCUT2D eigenvalue weighted by Gasteiger charge is -2.21. The summed E-state index contributed by atoms with van der Waals surface area (Å²) in [6.45, 7) is 1.70. The van der Waals surface area contributed by atoms with Crippen LogP contribution in [0.25, 0.3) is 12.2 Å². The summed E-state index contributed by atoms with van der Waals surface area (Å²) in [5, 5.41) is 11.1. The van der Waals surface area contributed by atoms with Gasteiger partial charge in [-0.3, -0.25) is 19.5 Å². The lowest BCUT2D eigenvalue weighted by Crippen LogP contribution is -2.38. The first-order valence-corrected chi connectivity index (χ1v) is 10.8. The van der Waals surface area contributed by atoms with E-state index < -0.39 is 16.9 Å². The molecule has 1 aromatic heterocycles. The maximum Gasteiger partial charge on any atom is 0.338 e. The molecule has 0 radical (unpaired) electrons. The van der Waals surface area contributed by atoms with E-state index in [1.165, 1.54) is 23.8 Å². The van der Waals surface area contributed by atoms with Crippen molar-refractivity contribution in [2.24, 2.45) is 4.99 Å². The van der Waals surface area contributed by atoms with Gasteiger partial charge in [0, 0.05) is 12.1 Å². The number of carbonyl (C=O) groups excluding carboxylic acids is 1. The Morgan fingerprint density at radius 1 is 1.18 bits per heavy atom. The third kappa shape index (κ3) is 4.44. The van der Waals surface area contributed by atoms with Gasteiger partial charge in [-0.2, -0.15) is 0 Å². The minimum absolute atomic E-state index is 0.0657. The van der Waals surface area contributed by atoms with E-state index in [4.69, 9.17) is 4.74 Å². The molecule has 0 bridgehead atoms. The molecule has 1 aliphatic rings. The molecule has 0 spiro atoms. The minimum atomic E-state index is -0.707. The number of hydrogen-bond donors (Lipinski definition) is 0. The van der Waals surface area contributed by atoms with Crippen molar-refractivity contribution in [3.8, 4) is 0 Å². The van der Waals surface area contributed by atoms with E-state index in [0.29, 0.717) is 20.6 Å². The number of nitro benzene ring substituents is 1. The molecule has 4 rings (SSSR count). The van der Waals surface area contributed by atoms with E-state index in [2.05, 4.69) is 4.99 Å². The van der Waals surface area contributed by atoms with Crippen LogP contribution >= 0.6 is 11.3 Å². The van der Waals surface area contributed by atoms with Crippen LogP contribution < -0.4 is 14.9 Å². The third-order valence-corrected chi connectivity index (χ3v) is 6.10. The number of benzene rings is 2. The molecule has 2 heterocycles. The average molecular weight is 461 g/mol. The molecular formula is C24H19N3O5S. The molecule has 1 aliphatic heterocycles. The number of hydrogen-bond acceptors (Lipinski definition) is 7. The van der Waals surface area contributed by atoms with Crippen LogP contribution in [0.2, 0.25) is 0 Å². The van der Waals surface area contributed by atoms with Gasteiger partial charge in [0.05, 0.1) is 33.9 Å². The van der Waals surface area contributed by atoms with Crippen molar-refractivity contribution < 1.29 is 14.5 Å². The number of aromatic nitrogens is 1. The summed E-state index contributed by atoms with van der Waals surface area (Å²) in [6.07, 6.45) is 5.20. The number of rotatable bonds is 5. The normalized spacial score (nSPS) is 15.9. The monoisotopic (exact) mass is 461 g/mol. The van der Waals surface area contributed by atoms with Crippen LogP contribution in [0.3, 0.4) is 0 Å². The van der Waals surface area contributed by atoms with Crippen LogP contribution in [0.5, 0.6) is 0 Å². The molecule has 1 unspecified atom stereocenters. The van der Waals surface area contributed by atoms with Crippen molar-refractivity contribution in [3.05, 3.63) is 113 Å². The maximum atomic E-state index is 13.4. The van der Waals surface area contributed by atoms with Gasteiger partial charge in [0.15, 0.2) is 4.80 Å². The second-order valence-electron chi connectivity index (χ2n) is 7.24. The van der Waals surface area contributed by atoms with Crippen LogP contribution in [-0.4, -0.2) is 22.6 Å². The maximum absolute atomic E-state index is 13.4. The molecule has 2 aromatic carbocycles. The Balaban J connectivity index is 1.88. The number of thiazole rings is 1. The third-order valence-electron chi connectivity index (χ3n) is 5.12. The summed E-state index contributed by atoms with van der Waals surface area (Å²) >= 11 is 1.16. The highest BCUT2D eigenvalue weighted by Gasteiger charge is 2.30. The molecule has 0 saturated carbocycles. The summed E-state index contributed by atoms with van der Waals surface area (Å²) in [5.41, 5.74) is 1.77. The molecular weight excluding hydrogens is 442 g/mol. The van der Waals surface area contributed by atoms with Gasteiger partial charge in [-0.05, 0) is 24.1 Å². The summed E-state index contributed by atoms with van der Waals surface area (Å²) in [6, 6.07) is 14.8.